The van der Waals surface area contributed by atoms with Crippen LogP contribution in [0, 0.1) is 10.1 Å². The number of benzene rings is 3. The highest BCUT2D eigenvalue weighted by molar-refractivity contribution is 9.10. The first-order valence-corrected chi connectivity index (χ1v) is 11.5. The van der Waals surface area contributed by atoms with Crippen LogP contribution in [0.2, 0.25) is 0 Å². The van der Waals surface area contributed by atoms with E-state index in [1.165, 1.54) is 17.0 Å². The average molecular weight is 525 g/mol. The van der Waals surface area contributed by atoms with E-state index in [0.29, 0.717) is 16.2 Å². The van der Waals surface area contributed by atoms with E-state index in [1.54, 1.807) is 30.3 Å². The molecule has 0 N–H and O–H groups in total. The monoisotopic (exact) mass is 524 g/mol. The van der Waals surface area contributed by atoms with Gasteiger partial charge in [0.05, 0.1) is 16.4 Å². The van der Waals surface area contributed by atoms with Gasteiger partial charge in [0.25, 0.3) is 16.8 Å². The van der Waals surface area contributed by atoms with Crippen molar-refractivity contribution < 1.29 is 19.2 Å². The number of carbonyl (C=O) groups excluding carboxylic acids is 2. The summed E-state index contributed by atoms with van der Waals surface area (Å²) in [6, 6.07) is 20.8. The zero-order valence-electron chi connectivity index (χ0n) is 17.1. The Hall–Kier alpha value is -3.43. The first-order valence-electron chi connectivity index (χ1n) is 9.86. The Morgan fingerprint density at radius 3 is 2.42 bits per heavy atom. The van der Waals surface area contributed by atoms with E-state index in [0.717, 1.165) is 27.4 Å². The molecule has 0 bridgehead atoms. The van der Waals surface area contributed by atoms with Crippen LogP contribution in [0.5, 0.6) is 5.75 Å². The predicted molar refractivity (Wildman–Crippen MR) is 130 cm³/mol. The third kappa shape index (κ3) is 5.50. The van der Waals surface area contributed by atoms with Crippen LogP contribution in [-0.2, 0) is 17.9 Å². The fourth-order valence-electron chi connectivity index (χ4n) is 3.18. The van der Waals surface area contributed by atoms with Crippen molar-refractivity contribution >= 4 is 50.6 Å². The second kappa shape index (κ2) is 10.0. The average Bonchev–Trinajstić information content (AvgIpc) is 3.07. The molecule has 0 radical (unpaired) electrons. The number of imide groups is 1. The Bertz CT molecular complexity index is 1250. The van der Waals surface area contributed by atoms with Gasteiger partial charge in [0.2, 0.25) is 0 Å². The van der Waals surface area contributed by atoms with Gasteiger partial charge < -0.3 is 4.74 Å². The number of nitrogens with zero attached hydrogens (tertiary/aromatic N) is 2. The summed E-state index contributed by atoms with van der Waals surface area (Å²) in [7, 11) is 0. The lowest BCUT2D eigenvalue weighted by Gasteiger charge is -2.12. The quantitative estimate of drug-likeness (QED) is 0.208. The van der Waals surface area contributed by atoms with E-state index in [2.05, 4.69) is 15.9 Å². The SMILES string of the molecule is O=C1S/C(=C\c2cc(Br)ccc2OCc2ccc([N+](=O)[O-])cc2)C(=O)N1Cc1ccccc1. The van der Waals surface area contributed by atoms with Gasteiger partial charge in [-0.15, -0.1) is 0 Å². The van der Waals surface area contributed by atoms with Crippen molar-refractivity contribution in [3.63, 3.8) is 0 Å². The molecule has 166 valence electrons. The van der Waals surface area contributed by atoms with E-state index < -0.39 is 4.92 Å². The predicted octanol–water partition coefficient (Wildman–Crippen LogP) is 6.17. The van der Waals surface area contributed by atoms with E-state index in [1.807, 2.05) is 36.4 Å². The van der Waals surface area contributed by atoms with Crippen molar-refractivity contribution in [3.8, 4) is 5.75 Å². The summed E-state index contributed by atoms with van der Waals surface area (Å²) >= 11 is 4.32. The van der Waals surface area contributed by atoms with Crippen LogP contribution in [0.4, 0.5) is 10.5 Å². The van der Waals surface area contributed by atoms with Crippen molar-refractivity contribution in [2.75, 3.05) is 0 Å². The molecule has 0 atom stereocenters. The normalized spacial score (nSPS) is 14.7. The van der Waals surface area contributed by atoms with E-state index in [9.17, 15) is 19.7 Å². The molecule has 33 heavy (non-hydrogen) atoms. The molecule has 1 aliphatic heterocycles. The molecule has 1 fully saturated rings. The second-order valence-electron chi connectivity index (χ2n) is 7.15. The maximum atomic E-state index is 12.9. The van der Waals surface area contributed by atoms with Crippen LogP contribution in [-0.4, -0.2) is 21.0 Å². The number of non-ortho nitro benzene ring substituents is 1. The van der Waals surface area contributed by atoms with Gasteiger partial charge in [0.15, 0.2) is 0 Å². The van der Waals surface area contributed by atoms with Gasteiger partial charge >= 0.3 is 0 Å². The molecule has 1 aliphatic rings. The minimum atomic E-state index is -0.456. The lowest BCUT2D eigenvalue weighted by molar-refractivity contribution is -0.384. The molecule has 2 amide bonds. The summed E-state index contributed by atoms with van der Waals surface area (Å²) in [6.45, 7) is 0.404. The molecule has 0 aliphatic carbocycles. The maximum Gasteiger partial charge on any atom is 0.293 e. The summed E-state index contributed by atoms with van der Waals surface area (Å²) in [5.74, 6) is 0.168. The van der Waals surface area contributed by atoms with E-state index in [4.69, 9.17) is 4.74 Å². The zero-order chi connectivity index (χ0) is 23.4. The maximum absolute atomic E-state index is 12.9. The molecule has 9 heteroatoms. The minimum Gasteiger partial charge on any atom is -0.488 e. The Morgan fingerprint density at radius 1 is 1.00 bits per heavy atom. The first kappa shape index (κ1) is 22.8. The lowest BCUT2D eigenvalue weighted by atomic mass is 10.1. The number of hydrogen-bond acceptors (Lipinski definition) is 6. The summed E-state index contributed by atoms with van der Waals surface area (Å²) in [4.78, 5) is 37.3. The van der Waals surface area contributed by atoms with Crippen LogP contribution in [0.15, 0.2) is 82.2 Å². The molecule has 3 aromatic rings. The fourth-order valence-corrected chi connectivity index (χ4v) is 4.39. The number of carbonyl (C=O) groups is 2. The summed E-state index contributed by atoms with van der Waals surface area (Å²) < 4.78 is 6.71. The number of thioether (sulfide) groups is 1. The van der Waals surface area contributed by atoms with Crippen molar-refractivity contribution in [1.29, 1.82) is 0 Å². The van der Waals surface area contributed by atoms with Gasteiger partial charge in [-0.2, -0.15) is 0 Å². The molecular weight excluding hydrogens is 508 g/mol. The Morgan fingerprint density at radius 2 is 1.73 bits per heavy atom. The van der Waals surface area contributed by atoms with Gasteiger partial charge in [-0.05, 0) is 59.3 Å². The smallest absolute Gasteiger partial charge is 0.293 e. The molecule has 1 saturated heterocycles. The number of ether oxygens (including phenoxy) is 1. The third-order valence-electron chi connectivity index (χ3n) is 4.86. The third-order valence-corrected chi connectivity index (χ3v) is 6.26. The highest BCUT2D eigenvalue weighted by Gasteiger charge is 2.35. The molecule has 1 heterocycles. The van der Waals surface area contributed by atoms with Crippen LogP contribution in [0.3, 0.4) is 0 Å². The molecular formula is C24H17BrN2O5S. The van der Waals surface area contributed by atoms with E-state index in [-0.39, 0.29) is 30.0 Å². The fraction of sp³-hybridized carbons (Fsp3) is 0.0833. The largest absolute Gasteiger partial charge is 0.488 e. The topological polar surface area (TPSA) is 89.7 Å². The van der Waals surface area contributed by atoms with E-state index >= 15 is 0 Å². The molecule has 0 saturated carbocycles. The first-order chi connectivity index (χ1) is 15.9. The van der Waals surface area contributed by atoms with Gasteiger partial charge in [0.1, 0.15) is 12.4 Å². The van der Waals surface area contributed by atoms with Crippen molar-refractivity contribution in [1.82, 2.24) is 4.90 Å². The standard InChI is InChI=1S/C24H17BrN2O5S/c25-19-8-11-21(32-15-17-6-9-20(10-7-17)27(30)31)18(12-19)13-22-23(28)26(24(29)33-22)14-16-4-2-1-3-5-16/h1-13H,14-15H2/b22-13-. The highest BCUT2D eigenvalue weighted by atomic mass is 79.9. The Kier molecular flexibility index (Phi) is 6.90. The van der Waals surface area contributed by atoms with Gasteiger partial charge in [-0.1, -0.05) is 46.3 Å². The van der Waals surface area contributed by atoms with Crippen LogP contribution in [0.1, 0.15) is 16.7 Å². The van der Waals surface area contributed by atoms with Crippen LogP contribution >= 0.6 is 27.7 Å². The number of amides is 2. The highest BCUT2D eigenvalue weighted by Crippen LogP contribution is 2.36. The summed E-state index contributed by atoms with van der Waals surface area (Å²) in [5, 5.41) is 10.5. The summed E-state index contributed by atoms with van der Waals surface area (Å²) in [6.07, 6.45) is 1.64. The number of halogens is 1. The van der Waals surface area contributed by atoms with Gasteiger partial charge in [0, 0.05) is 22.2 Å². The Balaban J connectivity index is 1.52. The summed E-state index contributed by atoms with van der Waals surface area (Å²) in [5.41, 5.74) is 2.28. The number of hydrogen-bond donors (Lipinski definition) is 0. The number of nitro groups is 1. The van der Waals surface area contributed by atoms with Crippen LogP contribution in [0.25, 0.3) is 6.08 Å². The molecule has 7 nitrogen and oxygen atoms in total. The van der Waals surface area contributed by atoms with Gasteiger partial charge in [-0.25, -0.2) is 0 Å². The van der Waals surface area contributed by atoms with Crippen molar-refractivity contribution in [2.45, 2.75) is 13.2 Å². The van der Waals surface area contributed by atoms with Gasteiger partial charge in [-0.3, -0.25) is 24.6 Å². The molecule has 4 rings (SSSR count). The second-order valence-corrected chi connectivity index (χ2v) is 9.06. The molecule has 3 aromatic carbocycles. The number of rotatable bonds is 7. The zero-order valence-corrected chi connectivity index (χ0v) is 19.5. The molecule has 0 unspecified atom stereocenters. The molecule has 0 spiro atoms. The lowest BCUT2D eigenvalue weighted by Crippen LogP contribution is -2.27. The van der Waals surface area contributed by atoms with Crippen molar-refractivity contribution in [3.05, 3.63) is 109 Å². The molecule has 0 aromatic heterocycles. The minimum absolute atomic E-state index is 0.00862. The Labute approximate surface area is 202 Å². The van der Waals surface area contributed by atoms with Crippen molar-refractivity contribution in [2.24, 2.45) is 0 Å². The number of nitro benzene ring substituents is 1. The van der Waals surface area contributed by atoms with Crippen LogP contribution < -0.4 is 4.74 Å².